The number of para-hydroxylation sites is 1. The summed E-state index contributed by atoms with van der Waals surface area (Å²) >= 11 is 6.18. The van der Waals surface area contributed by atoms with Crippen molar-refractivity contribution in [3.63, 3.8) is 0 Å². The van der Waals surface area contributed by atoms with Crippen LogP contribution in [0.3, 0.4) is 0 Å². The molecule has 4 unspecified atom stereocenters. The second kappa shape index (κ2) is 9.28. The third kappa shape index (κ3) is 3.58. The van der Waals surface area contributed by atoms with Gasteiger partial charge >= 0.3 is 0 Å². The molecule has 7 rings (SSSR count). The van der Waals surface area contributed by atoms with Crippen molar-refractivity contribution < 1.29 is 14.4 Å². The van der Waals surface area contributed by atoms with Crippen LogP contribution in [0.2, 0.25) is 5.02 Å². The Hall–Kier alpha value is -4.48. The highest BCUT2D eigenvalue weighted by molar-refractivity contribution is 6.30. The molecule has 4 aromatic carbocycles. The Morgan fingerprint density at radius 1 is 0.829 bits per heavy atom. The van der Waals surface area contributed by atoms with Gasteiger partial charge in [-0.15, -0.1) is 0 Å². The molecule has 41 heavy (non-hydrogen) atoms. The maximum absolute atomic E-state index is 14.8. The van der Waals surface area contributed by atoms with E-state index in [9.17, 15) is 14.4 Å². The van der Waals surface area contributed by atoms with Crippen LogP contribution >= 0.6 is 11.6 Å². The Kier molecular flexibility index (Phi) is 5.77. The summed E-state index contributed by atoms with van der Waals surface area (Å²) in [7, 11) is 0. The van der Waals surface area contributed by atoms with Gasteiger partial charge in [0.1, 0.15) is 11.5 Å². The SMILES string of the molecule is CC1=CC2N(c3ccc(C)cc31)C(C(=O)c1ccccc1)C(C(=O)c1ccc(Cl)cc1)C21C(=O)Nc2ccccc21. The number of nitrogens with one attached hydrogen (secondary N) is 1. The Balaban J connectivity index is 1.56. The zero-order valence-corrected chi connectivity index (χ0v) is 23.4. The average molecular weight is 559 g/mol. The van der Waals surface area contributed by atoms with Crippen LogP contribution in [0.25, 0.3) is 5.57 Å². The van der Waals surface area contributed by atoms with Gasteiger partial charge in [-0.3, -0.25) is 14.4 Å². The van der Waals surface area contributed by atoms with Crippen molar-refractivity contribution in [1.82, 2.24) is 0 Å². The number of amides is 1. The zero-order valence-electron chi connectivity index (χ0n) is 22.6. The standard InChI is InChI=1S/C35H27ClN2O3/c1-20-12-17-28-25(18-20)21(2)19-29-35(26-10-6-7-11-27(26)37-34(35)41)30(32(39)23-13-15-24(36)16-14-23)31(38(28)29)33(40)22-8-4-3-5-9-22/h3-19,29-31H,1-2H3,(H,37,41). The van der Waals surface area contributed by atoms with Crippen molar-refractivity contribution in [2.45, 2.75) is 31.3 Å². The lowest BCUT2D eigenvalue weighted by molar-refractivity contribution is -0.121. The summed E-state index contributed by atoms with van der Waals surface area (Å²) in [4.78, 5) is 45.9. The fraction of sp³-hybridized carbons (Fsp3) is 0.171. The van der Waals surface area contributed by atoms with Gasteiger partial charge in [-0.05, 0) is 67.4 Å². The van der Waals surface area contributed by atoms with Gasteiger partial charge in [0.2, 0.25) is 5.91 Å². The number of carbonyl (C=O) groups is 3. The monoisotopic (exact) mass is 558 g/mol. The third-order valence-electron chi connectivity index (χ3n) is 8.87. The molecule has 3 aliphatic rings. The first-order valence-electron chi connectivity index (χ1n) is 13.7. The molecule has 0 aliphatic carbocycles. The lowest BCUT2D eigenvalue weighted by Crippen LogP contribution is -2.51. The number of nitrogens with zero attached hydrogens (tertiary/aromatic N) is 1. The number of aryl methyl sites for hydroxylation is 1. The topological polar surface area (TPSA) is 66.5 Å². The van der Waals surface area contributed by atoms with Gasteiger partial charge in [0.05, 0.1) is 12.0 Å². The first kappa shape index (κ1) is 25.5. The fourth-order valence-electron chi connectivity index (χ4n) is 7.11. The molecule has 0 saturated carbocycles. The highest BCUT2D eigenvalue weighted by Crippen LogP contribution is 2.58. The van der Waals surface area contributed by atoms with Crippen LogP contribution < -0.4 is 10.2 Å². The maximum atomic E-state index is 14.8. The van der Waals surface area contributed by atoms with Crippen LogP contribution in [-0.2, 0) is 10.2 Å². The molecule has 5 nitrogen and oxygen atoms in total. The van der Waals surface area contributed by atoms with Crippen LogP contribution in [-0.4, -0.2) is 29.6 Å². The second-order valence-corrected chi connectivity index (χ2v) is 11.6. The predicted molar refractivity (Wildman–Crippen MR) is 162 cm³/mol. The van der Waals surface area contributed by atoms with E-state index < -0.39 is 23.4 Å². The molecule has 4 aromatic rings. The molecular weight excluding hydrogens is 532 g/mol. The first-order valence-corrected chi connectivity index (χ1v) is 14.1. The van der Waals surface area contributed by atoms with Crippen LogP contribution in [0.5, 0.6) is 0 Å². The van der Waals surface area contributed by atoms with Gasteiger partial charge < -0.3 is 10.2 Å². The maximum Gasteiger partial charge on any atom is 0.238 e. The molecular formula is C35H27ClN2O3. The summed E-state index contributed by atoms with van der Waals surface area (Å²) < 4.78 is 0. The van der Waals surface area contributed by atoms with Crippen LogP contribution in [0, 0.1) is 12.8 Å². The number of halogens is 1. The average Bonchev–Trinajstić information content (AvgIpc) is 3.45. The molecule has 0 bridgehead atoms. The van der Waals surface area contributed by atoms with Crippen LogP contribution in [0.4, 0.5) is 11.4 Å². The normalized spacial score (nSPS) is 23.9. The summed E-state index contributed by atoms with van der Waals surface area (Å²) in [6.07, 6.45) is 2.07. The molecule has 0 aromatic heterocycles. The molecule has 1 amide bonds. The Morgan fingerprint density at radius 3 is 2.27 bits per heavy atom. The summed E-state index contributed by atoms with van der Waals surface area (Å²) in [5, 5.41) is 3.58. The number of hydrogen-bond acceptors (Lipinski definition) is 4. The number of Topliss-reactive ketones (excluding diaryl/α,β-unsaturated/α-hetero) is 2. The molecule has 6 heteroatoms. The lowest BCUT2D eigenvalue weighted by Gasteiger charge is -2.39. The number of anilines is 2. The van der Waals surface area contributed by atoms with Crippen molar-refractivity contribution in [2.24, 2.45) is 5.92 Å². The summed E-state index contributed by atoms with van der Waals surface area (Å²) in [5.41, 5.74) is 4.90. The van der Waals surface area contributed by atoms with E-state index in [0.717, 1.165) is 28.0 Å². The van der Waals surface area contributed by atoms with Gasteiger partial charge in [-0.2, -0.15) is 0 Å². The van der Waals surface area contributed by atoms with Gasteiger partial charge in [0.15, 0.2) is 11.6 Å². The molecule has 4 atom stereocenters. The minimum atomic E-state index is -1.34. The number of ketones is 2. The first-order chi connectivity index (χ1) is 19.8. The predicted octanol–water partition coefficient (Wildman–Crippen LogP) is 6.89. The molecule has 1 fully saturated rings. The number of rotatable bonds is 4. The number of carbonyl (C=O) groups excluding carboxylic acids is 3. The van der Waals surface area contributed by atoms with Crippen LogP contribution in [0.1, 0.15) is 44.3 Å². The zero-order chi connectivity index (χ0) is 28.5. The Bertz CT molecular complexity index is 1780. The molecule has 3 aliphatic heterocycles. The number of hydrogen-bond donors (Lipinski definition) is 1. The molecule has 1 saturated heterocycles. The van der Waals surface area contributed by atoms with E-state index in [2.05, 4.69) is 17.5 Å². The minimum Gasteiger partial charge on any atom is -0.352 e. The quantitative estimate of drug-likeness (QED) is 0.277. The summed E-state index contributed by atoms with van der Waals surface area (Å²) in [6, 6.07) is 27.9. The van der Waals surface area contributed by atoms with E-state index in [1.165, 1.54) is 0 Å². The summed E-state index contributed by atoms with van der Waals surface area (Å²) in [5.74, 6) is -1.75. The Morgan fingerprint density at radius 2 is 1.51 bits per heavy atom. The third-order valence-corrected chi connectivity index (χ3v) is 9.12. The summed E-state index contributed by atoms with van der Waals surface area (Å²) in [6.45, 7) is 4.07. The highest BCUT2D eigenvalue weighted by Gasteiger charge is 2.70. The minimum absolute atomic E-state index is 0.198. The van der Waals surface area contributed by atoms with E-state index in [1.807, 2.05) is 73.3 Å². The van der Waals surface area contributed by atoms with Gasteiger partial charge in [0.25, 0.3) is 0 Å². The molecule has 0 radical (unpaired) electrons. The Labute approximate surface area is 243 Å². The molecule has 3 heterocycles. The highest BCUT2D eigenvalue weighted by atomic mass is 35.5. The van der Waals surface area contributed by atoms with E-state index in [-0.39, 0.29) is 17.5 Å². The van der Waals surface area contributed by atoms with Crippen molar-refractivity contribution >= 4 is 46.0 Å². The van der Waals surface area contributed by atoms with E-state index in [0.29, 0.717) is 21.8 Å². The smallest absolute Gasteiger partial charge is 0.238 e. The van der Waals surface area contributed by atoms with Crippen LogP contribution in [0.15, 0.2) is 103 Å². The van der Waals surface area contributed by atoms with Crippen molar-refractivity contribution in [2.75, 3.05) is 10.2 Å². The number of fused-ring (bicyclic) bond motifs is 6. The molecule has 1 N–H and O–H groups in total. The van der Waals surface area contributed by atoms with Crippen molar-refractivity contribution in [3.8, 4) is 0 Å². The van der Waals surface area contributed by atoms with Gasteiger partial charge in [0, 0.05) is 33.1 Å². The van der Waals surface area contributed by atoms with E-state index >= 15 is 0 Å². The number of allylic oxidation sites excluding steroid dienone is 1. The van der Waals surface area contributed by atoms with Gasteiger partial charge in [-0.1, -0.05) is 77.8 Å². The fourth-order valence-corrected chi connectivity index (χ4v) is 7.24. The van der Waals surface area contributed by atoms with Gasteiger partial charge in [-0.25, -0.2) is 0 Å². The second-order valence-electron chi connectivity index (χ2n) is 11.1. The molecule has 1 spiro atoms. The van der Waals surface area contributed by atoms with E-state index in [4.69, 9.17) is 11.6 Å². The van der Waals surface area contributed by atoms with Crippen molar-refractivity contribution in [1.29, 1.82) is 0 Å². The lowest BCUT2D eigenvalue weighted by atomic mass is 9.64. The van der Waals surface area contributed by atoms with Crippen molar-refractivity contribution in [3.05, 3.63) is 136 Å². The van der Waals surface area contributed by atoms with E-state index in [1.54, 1.807) is 36.4 Å². The molecule has 202 valence electrons. The number of benzene rings is 4. The largest absolute Gasteiger partial charge is 0.352 e.